The van der Waals surface area contributed by atoms with Crippen molar-refractivity contribution in [2.24, 2.45) is 0 Å². The van der Waals surface area contributed by atoms with Crippen LogP contribution in [0.5, 0.6) is 0 Å². The molecule has 0 bridgehead atoms. The summed E-state index contributed by atoms with van der Waals surface area (Å²) in [5, 5.41) is 0. The van der Waals surface area contributed by atoms with E-state index in [-0.39, 0.29) is 14.3 Å². The average Bonchev–Trinajstić information content (AvgIpc) is 2.47. The Balaban J connectivity index is 2.35. The first-order valence-corrected chi connectivity index (χ1v) is 7.17. The minimum atomic E-state index is -4.04. The van der Waals surface area contributed by atoms with Gasteiger partial charge in [0.05, 0.1) is 4.90 Å². The molecule has 19 heavy (non-hydrogen) atoms. The Morgan fingerprint density at radius 2 is 1.37 bits per heavy atom. The van der Waals surface area contributed by atoms with Crippen LogP contribution in [0.15, 0.2) is 65.6 Å². The quantitative estimate of drug-likeness (QED) is 0.818. The summed E-state index contributed by atoms with van der Waals surface area (Å²) in [7, 11) is -4.04. The van der Waals surface area contributed by atoms with Crippen LogP contribution in [-0.4, -0.2) is 18.1 Å². The summed E-state index contributed by atoms with van der Waals surface area (Å²) in [5.41, 5.74) is 0.206. The molecule has 98 valence electrons. The standard InChI is InChI=1S/C13H10ClNO3S/c14-15(13(16)11-7-3-1-4-8-11)19(17,18)12-9-5-2-6-10-12/h1-10H. The molecule has 0 N–H and O–H groups in total. The van der Waals surface area contributed by atoms with Crippen LogP contribution in [-0.2, 0) is 10.0 Å². The summed E-state index contributed by atoms with van der Waals surface area (Å²) >= 11 is 5.69. The van der Waals surface area contributed by atoms with E-state index in [4.69, 9.17) is 11.8 Å². The van der Waals surface area contributed by atoms with Gasteiger partial charge in [-0.2, -0.15) is 8.42 Å². The Kier molecular flexibility index (Phi) is 3.87. The van der Waals surface area contributed by atoms with Crippen LogP contribution in [0, 0.1) is 0 Å². The molecular formula is C13H10ClNO3S. The molecule has 4 nitrogen and oxygen atoms in total. The number of benzene rings is 2. The monoisotopic (exact) mass is 295 g/mol. The van der Waals surface area contributed by atoms with E-state index in [1.807, 2.05) is 0 Å². The third-order valence-electron chi connectivity index (χ3n) is 2.43. The molecular weight excluding hydrogens is 286 g/mol. The fraction of sp³-hybridized carbons (Fsp3) is 0. The van der Waals surface area contributed by atoms with Gasteiger partial charge in [0.1, 0.15) is 0 Å². The maximum absolute atomic E-state index is 12.1. The van der Waals surface area contributed by atoms with E-state index in [1.54, 1.807) is 36.4 Å². The smallest absolute Gasteiger partial charge is 0.267 e. The number of amides is 1. The van der Waals surface area contributed by atoms with Gasteiger partial charge in [0.25, 0.3) is 15.9 Å². The molecule has 0 saturated heterocycles. The highest BCUT2D eigenvalue weighted by Gasteiger charge is 2.28. The molecule has 0 fully saturated rings. The lowest BCUT2D eigenvalue weighted by Crippen LogP contribution is -2.28. The maximum atomic E-state index is 12.1. The van der Waals surface area contributed by atoms with E-state index >= 15 is 0 Å². The number of hydrogen-bond acceptors (Lipinski definition) is 3. The Labute approximate surface area is 116 Å². The maximum Gasteiger partial charge on any atom is 0.282 e. The van der Waals surface area contributed by atoms with Crippen molar-refractivity contribution < 1.29 is 13.2 Å². The molecule has 0 radical (unpaired) electrons. The Morgan fingerprint density at radius 3 is 1.89 bits per heavy atom. The zero-order valence-electron chi connectivity index (χ0n) is 9.73. The predicted octanol–water partition coefficient (Wildman–Crippen LogP) is 2.67. The molecule has 2 aromatic rings. The Morgan fingerprint density at radius 1 is 0.895 bits per heavy atom. The molecule has 1 amide bonds. The second-order valence-electron chi connectivity index (χ2n) is 3.70. The van der Waals surface area contributed by atoms with Gasteiger partial charge in [0, 0.05) is 17.3 Å². The number of sulfonamides is 1. The van der Waals surface area contributed by atoms with Crippen LogP contribution in [0.2, 0.25) is 0 Å². The van der Waals surface area contributed by atoms with Crippen LogP contribution >= 0.6 is 11.8 Å². The van der Waals surface area contributed by atoms with Crippen LogP contribution in [0.4, 0.5) is 0 Å². The Hall–Kier alpha value is -1.85. The van der Waals surface area contributed by atoms with E-state index < -0.39 is 15.9 Å². The lowest BCUT2D eigenvalue weighted by molar-refractivity contribution is 0.0923. The number of hydrogen-bond donors (Lipinski definition) is 0. The SMILES string of the molecule is O=C(c1ccccc1)N(Cl)S(=O)(=O)c1ccccc1. The molecule has 0 aliphatic rings. The summed E-state index contributed by atoms with van der Waals surface area (Å²) in [5.74, 6) is -0.786. The zero-order valence-corrected chi connectivity index (χ0v) is 11.3. The van der Waals surface area contributed by atoms with Crippen molar-refractivity contribution in [1.29, 1.82) is 0 Å². The molecule has 0 heterocycles. The van der Waals surface area contributed by atoms with Gasteiger partial charge >= 0.3 is 0 Å². The minimum absolute atomic E-state index is 0.0331. The van der Waals surface area contributed by atoms with E-state index in [2.05, 4.69) is 0 Å². The van der Waals surface area contributed by atoms with E-state index in [0.717, 1.165) is 0 Å². The lowest BCUT2D eigenvalue weighted by Gasteiger charge is -2.14. The number of carbonyl (C=O) groups is 1. The van der Waals surface area contributed by atoms with Crippen molar-refractivity contribution >= 4 is 27.7 Å². The van der Waals surface area contributed by atoms with Gasteiger partial charge in [-0.15, -0.1) is 3.82 Å². The molecule has 6 heteroatoms. The summed E-state index contributed by atoms with van der Waals surface area (Å²) < 4.78 is 24.5. The van der Waals surface area contributed by atoms with Gasteiger partial charge in [-0.1, -0.05) is 36.4 Å². The summed E-state index contributed by atoms with van der Waals surface area (Å²) in [4.78, 5) is 11.9. The fourth-order valence-corrected chi connectivity index (χ4v) is 2.82. The minimum Gasteiger partial charge on any atom is -0.267 e. The van der Waals surface area contributed by atoms with Gasteiger partial charge in [-0.25, -0.2) is 0 Å². The third-order valence-corrected chi connectivity index (χ3v) is 4.59. The van der Waals surface area contributed by atoms with Crippen LogP contribution in [0.1, 0.15) is 10.4 Å². The second kappa shape index (κ2) is 5.42. The molecule has 2 rings (SSSR count). The van der Waals surface area contributed by atoms with Crippen LogP contribution in [0.25, 0.3) is 0 Å². The Bertz CT molecular complexity index is 672. The largest absolute Gasteiger partial charge is 0.282 e. The van der Waals surface area contributed by atoms with Gasteiger partial charge < -0.3 is 0 Å². The highest BCUT2D eigenvalue weighted by molar-refractivity contribution is 7.90. The van der Waals surface area contributed by atoms with Crippen LogP contribution in [0.3, 0.4) is 0 Å². The molecule has 0 unspecified atom stereocenters. The predicted molar refractivity (Wildman–Crippen MR) is 72.1 cm³/mol. The van der Waals surface area contributed by atoms with E-state index in [1.165, 1.54) is 24.3 Å². The topological polar surface area (TPSA) is 54.5 Å². The van der Waals surface area contributed by atoms with Crippen molar-refractivity contribution in [2.75, 3.05) is 0 Å². The first kappa shape index (κ1) is 13.6. The summed E-state index contributed by atoms with van der Waals surface area (Å²) in [6, 6.07) is 15.5. The highest BCUT2D eigenvalue weighted by Crippen LogP contribution is 2.19. The molecule has 0 saturated carbocycles. The summed E-state index contributed by atoms with van der Waals surface area (Å²) in [6.45, 7) is 0. The molecule has 0 spiro atoms. The lowest BCUT2D eigenvalue weighted by atomic mass is 10.2. The first-order valence-electron chi connectivity index (χ1n) is 5.39. The van der Waals surface area contributed by atoms with Crippen LogP contribution < -0.4 is 0 Å². The third kappa shape index (κ3) is 2.77. The second-order valence-corrected chi connectivity index (χ2v) is 6.03. The molecule has 0 aliphatic heterocycles. The van der Waals surface area contributed by atoms with Gasteiger partial charge in [0.2, 0.25) is 0 Å². The van der Waals surface area contributed by atoms with Crippen molar-refractivity contribution in [3.63, 3.8) is 0 Å². The normalized spacial score (nSPS) is 11.0. The van der Waals surface area contributed by atoms with Crippen molar-refractivity contribution in [3.8, 4) is 0 Å². The first-order chi connectivity index (χ1) is 9.03. The van der Waals surface area contributed by atoms with Gasteiger partial charge in [0.15, 0.2) is 0 Å². The fourth-order valence-electron chi connectivity index (χ4n) is 1.48. The average molecular weight is 296 g/mol. The highest BCUT2D eigenvalue weighted by atomic mass is 35.5. The summed E-state index contributed by atoms with van der Waals surface area (Å²) in [6.07, 6.45) is 0. The van der Waals surface area contributed by atoms with E-state index in [9.17, 15) is 13.2 Å². The molecule has 0 atom stereocenters. The van der Waals surface area contributed by atoms with Gasteiger partial charge in [-0.05, 0) is 24.3 Å². The van der Waals surface area contributed by atoms with Crippen molar-refractivity contribution in [1.82, 2.24) is 3.82 Å². The van der Waals surface area contributed by atoms with E-state index in [0.29, 0.717) is 0 Å². The number of nitrogens with zero attached hydrogens (tertiary/aromatic N) is 1. The van der Waals surface area contributed by atoms with Gasteiger partial charge in [-0.3, -0.25) is 4.79 Å². The van der Waals surface area contributed by atoms with Crippen molar-refractivity contribution in [3.05, 3.63) is 66.2 Å². The molecule has 2 aromatic carbocycles. The number of carbonyl (C=O) groups excluding carboxylic acids is 1. The number of rotatable bonds is 3. The van der Waals surface area contributed by atoms with Crippen molar-refractivity contribution in [2.45, 2.75) is 4.90 Å². The zero-order chi connectivity index (χ0) is 13.9. The number of halogens is 1. The molecule has 0 aliphatic carbocycles. The molecule has 0 aromatic heterocycles.